The first-order chi connectivity index (χ1) is 14.0. The lowest BCUT2D eigenvalue weighted by atomic mass is 10.1. The van der Waals surface area contributed by atoms with Gasteiger partial charge in [-0.2, -0.15) is 0 Å². The Labute approximate surface area is 173 Å². The standard InChI is InChI=1S/C22H19ClN2O4/c1-28-18-10-8-17(9-11-18)24-21(26)14-3-6-16(7-4-14)25-22(27)19-13-15(23)5-12-20(19)29-2/h3-13H,1-2H3,(H,24,26)(H,25,27). The fraction of sp³-hybridized carbons (Fsp3) is 0.0909. The zero-order valence-electron chi connectivity index (χ0n) is 15.9. The molecule has 0 atom stereocenters. The van der Waals surface area contributed by atoms with Crippen molar-refractivity contribution in [3.63, 3.8) is 0 Å². The number of halogens is 1. The van der Waals surface area contributed by atoms with E-state index in [1.165, 1.54) is 13.2 Å². The second kappa shape index (κ2) is 9.12. The molecule has 0 heterocycles. The first kappa shape index (κ1) is 20.2. The van der Waals surface area contributed by atoms with Crippen LogP contribution >= 0.6 is 11.6 Å². The largest absolute Gasteiger partial charge is 0.497 e. The molecule has 0 aliphatic carbocycles. The van der Waals surface area contributed by atoms with Crippen LogP contribution in [0.2, 0.25) is 5.02 Å². The maximum Gasteiger partial charge on any atom is 0.259 e. The number of methoxy groups -OCH3 is 2. The van der Waals surface area contributed by atoms with E-state index in [0.29, 0.717) is 39.0 Å². The Balaban J connectivity index is 1.67. The first-order valence-electron chi connectivity index (χ1n) is 8.70. The molecule has 0 saturated heterocycles. The molecule has 29 heavy (non-hydrogen) atoms. The van der Waals surface area contributed by atoms with Crippen LogP contribution in [0.3, 0.4) is 0 Å². The SMILES string of the molecule is COc1ccc(NC(=O)c2ccc(NC(=O)c3cc(Cl)ccc3OC)cc2)cc1. The maximum atomic E-state index is 12.5. The topological polar surface area (TPSA) is 76.7 Å². The number of amides is 2. The second-order valence-electron chi connectivity index (χ2n) is 6.06. The van der Waals surface area contributed by atoms with Gasteiger partial charge >= 0.3 is 0 Å². The molecule has 0 bridgehead atoms. The number of carbonyl (C=O) groups excluding carboxylic acids is 2. The minimum absolute atomic E-state index is 0.260. The molecule has 148 valence electrons. The Morgan fingerprint density at radius 2 is 1.34 bits per heavy atom. The zero-order valence-corrected chi connectivity index (χ0v) is 16.6. The van der Waals surface area contributed by atoms with Gasteiger partial charge in [0.25, 0.3) is 11.8 Å². The molecule has 0 unspecified atom stereocenters. The van der Waals surface area contributed by atoms with Crippen molar-refractivity contribution in [1.82, 2.24) is 0 Å². The van der Waals surface area contributed by atoms with Crippen LogP contribution in [0.15, 0.2) is 66.7 Å². The molecule has 0 saturated carbocycles. The number of carbonyl (C=O) groups is 2. The summed E-state index contributed by atoms with van der Waals surface area (Å²) in [6, 6.07) is 18.4. The molecule has 0 aliphatic heterocycles. The predicted molar refractivity (Wildman–Crippen MR) is 113 cm³/mol. The molecule has 0 aromatic heterocycles. The van der Waals surface area contributed by atoms with E-state index in [4.69, 9.17) is 21.1 Å². The second-order valence-corrected chi connectivity index (χ2v) is 6.50. The summed E-state index contributed by atoms with van der Waals surface area (Å²) in [5.74, 6) is 0.506. The predicted octanol–water partition coefficient (Wildman–Crippen LogP) is 4.86. The average molecular weight is 411 g/mol. The minimum atomic E-state index is -0.361. The smallest absolute Gasteiger partial charge is 0.259 e. The van der Waals surface area contributed by atoms with Gasteiger partial charge in [0.15, 0.2) is 0 Å². The quantitative estimate of drug-likeness (QED) is 0.608. The molecule has 3 aromatic rings. The lowest BCUT2D eigenvalue weighted by Crippen LogP contribution is -2.14. The molecule has 3 rings (SSSR count). The van der Waals surface area contributed by atoms with Crippen molar-refractivity contribution in [2.75, 3.05) is 24.9 Å². The van der Waals surface area contributed by atoms with Gasteiger partial charge in [-0.1, -0.05) is 11.6 Å². The number of hydrogen-bond acceptors (Lipinski definition) is 4. The van der Waals surface area contributed by atoms with Crippen LogP contribution in [0, 0.1) is 0 Å². The van der Waals surface area contributed by atoms with Gasteiger partial charge in [0.1, 0.15) is 11.5 Å². The van der Waals surface area contributed by atoms with Crippen molar-refractivity contribution in [3.05, 3.63) is 82.9 Å². The minimum Gasteiger partial charge on any atom is -0.497 e. The normalized spacial score (nSPS) is 10.2. The Hall–Kier alpha value is -3.51. The summed E-state index contributed by atoms with van der Waals surface area (Å²) >= 11 is 5.97. The zero-order chi connectivity index (χ0) is 20.8. The number of benzene rings is 3. The van der Waals surface area contributed by atoms with Crippen LogP contribution in [0.4, 0.5) is 11.4 Å². The molecule has 7 heteroatoms. The Bertz CT molecular complexity index is 1020. The Morgan fingerprint density at radius 1 is 0.759 bits per heavy atom. The van der Waals surface area contributed by atoms with E-state index in [1.54, 1.807) is 67.8 Å². The summed E-state index contributed by atoms with van der Waals surface area (Å²) in [6.45, 7) is 0. The van der Waals surface area contributed by atoms with Crippen LogP contribution < -0.4 is 20.1 Å². The Morgan fingerprint density at radius 3 is 1.93 bits per heavy atom. The fourth-order valence-corrected chi connectivity index (χ4v) is 2.81. The van der Waals surface area contributed by atoms with Gasteiger partial charge in [0, 0.05) is 22.0 Å². The summed E-state index contributed by atoms with van der Waals surface area (Å²) < 4.78 is 10.3. The van der Waals surface area contributed by atoms with Crippen molar-refractivity contribution in [1.29, 1.82) is 0 Å². The average Bonchev–Trinajstić information content (AvgIpc) is 2.74. The molecular formula is C22H19ClN2O4. The summed E-state index contributed by atoms with van der Waals surface area (Å²) in [4.78, 5) is 24.9. The Kier molecular flexibility index (Phi) is 6.36. The van der Waals surface area contributed by atoms with Gasteiger partial charge in [-0.25, -0.2) is 0 Å². The van der Waals surface area contributed by atoms with Crippen molar-refractivity contribution < 1.29 is 19.1 Å². The van der Waals surface area contributed by atoms with E-state index < -0.39 is 0 Å². The summed E-state index contributed by atoms with van der Waals surface area (Å²) in [5, 5.41) is 6.00. The van der Waals surface area contributed by atoms with Crippen LogP contribution in [-0.4, -0.2) is 26.0 Å². The van der Waals surface area contributed by atoms with Crippen LogP contribution in [0.25, 0.3) is 0 Å². The highest BCUT2D eigenvalue weighted by Gasteiger charge is 2.14. The van der Waals surface area contributed by atoms with Gasteiger partial charge in [0.2, 0.25) is 0 Å². The van der Waals surface area contributed by atoms with Gasteiger partial charge in [0.05, 0.1) is 19.8 Å². The van der Waals surface area contributed by atoms with E-state index in [9.17, 15) is 9.59 Å². The van der Waals surface area contributed by atoms with Gasteiger partial charge in [-0.15, -0.1) is 0 Å². The fourth-order valence-electron chi connectivity index (χ4n) is 2.64. The van der Waals surface area contributed by atoms with Crippen LogP contribution in [-0.2, 0) is 0 Å². The number of rotatable bonds is 6. The number of hydrogen-bond donors (Lipinski definition) is 2. The van der Waals surface area contributed by atoms with E-state index >= 15 is 0 Å². The van der Waals surface area contributed by atoms with E-state index in [0.717, 1.165) is 0 Å². The highest BCUT2D eigenvalue weighted by Crippen LogP contribution is 2.24. The molecule has 3 aromatic carbocycles. The molecule has 0 aliphatic rings. The maximum absolute atomic E-state index is 12.5. The third-order valence-electron chi connectivity index (χ3n) is 4.16. The van der Waals surface area contributed by atoms with Gasteiger partial charge < -0.3 is 20.1 Å². The van der Waals surface area contributed by atoms with Crippen LogP contribution in [0.5, 0.6) is 11.5 Å². The summed E-state index contributed by atoms with van der Waals surface area (Å²) in [7, 11) is 3.06. The number of nitrogens with one attached hydrogen (secondary N) is 2. The monoisotopic (exact) mass is 410 g/mol. The van der Waals surface area contributed by atoms with Gasteiger partial charge in [-0.05, 0) is 66.7 Å². The van der Waals surface area contributed by atoms with E-state index in [-0.39, 0.29) is 11.8 Å². The summed E-state index contributed by atoms with van der Waals surface area (Å²) in [5.41, 5.74) is 1.97. The van der Waals surface area contributed by atoms with Crippen molar-refractivity contribution in [2.45, 2.75) is 0 Å². The first-order valence-corrected chi connectivity index (χ1v) is 9.08. The number of anilines is 2. The molecule has 2 amide bonds. The molecule has 0 fully saturated rings. The molecule has 6 nitrogen and oxygen atoms in total. The lowest BCUT2D eigenvalue weighted by Gasteiger charge is -2.10. The molecule has 2 N–H and O–H groups in total. The van der Waals surface area contributed by atoms with Crippen molar-refractivity contribution in [3.8, 4) is 11.5 Å². The van der Waals surface area contributed by atoms with Crippen molar-refractivity contribution in [2.24, 2.45) is 0 Å². The summed E-state index contributed by atoms with van der Waals surface area (Å²) in [6.07, 6.45) is 0. The van der Waals surface area contributed by atoms with Crippen LogP contribution in [0.1, 0.15) is 20.7 Å². The van der Waals surface area contributed by atoms with E-state index in [1.807, 2.05) is 0 Å². The van der Waals surface area contributed by atoms with E-state index in [2.05, 4.69) is 10.6 Å². The highest BCUT2D eigenvalue weighted by molar-refractivity contribution is 6.31. The molecule has 0 radical (unpaired) electrons. The number of ether oxygens (including phenoxy) is 2. The third-order valence-corrected chi connectivity index (χ3v) is 4.39. The molecular weight excluding hydrogens is 392 g/mol. The highest BCUT2D eigenvalue weighted by atomic mass is 35.5. The lowest BCUT2D eigenvalue weighted by molar-refractivity contribution is 0.101. The van der Waals surface area contributed by atoms with Crippen molar-refractivity contribution >= 4 is 34.8 Å². The van der Waals surface area contributed by atoms with Gasteiger partial charge in [-0.3, -0.25) is 9.59 Å². The third kappa shape index (κ3) is 5.06. The molecule has 0 spiro atoms.